The Hall–Kier alpha value is -4.66. The minimum Gasteiger partial charge on any atom is -0.463 e. The van der Waals surface area contributed by atoms with Gasteiger partial charge in [-0.3, -0.25) is 29.6 Å². The molecule has 3 aromatic rings. The third-order valence-corrected chi connectivity index (χ3v) is 5.56. The Balaban J connectivity index is 1.42. The molecule has 1 aliphatic heterocycles. The van der Waals surface area contributed by atoms with Crippen molar-refractivity contribution in [3.63, 3.8) is 0 Å². The number of benzene rings is 1. The van der Waals surface area contributed by atoms with Gasteiger partial charge in [0.2, 0.25) is 0 Å². The minimum atomic E-state index is -0.805. The van der Waals surface area contributed by atoms with E-state index in [1.54, 1.807) is 16.7 Å². The van der Waals surface area contributed by atoms with Crippen molar-refractivity contribution in [2.45, 2.75) is 45.1 Å². The fourth-order valence-electron chi connectivity index (χ4n) is 3.91. The van der Waals surface area contributed by atoms with Crippen LogP contribution < -0.4 is 5.32 Å². The van der Waals surface area contributed by atoms with Crippen molar-refractivity contribution >= 4 is 40.7 Å². The highest BCUT2D eigenvalue weighted by Gasteiger charge is 2.40. The lowest BCUT2D eigenvalue weighted by Gasteiger charge is -2.20. The van der Waals surface area contributed by atoms with Crippen molar-refractivity contribution in [3.05, 3.63) is 52.6 Å². The van der Waals surface area contributed by atoms with E-state index in [9.17, 15) is 24.5 Å². The van der Waals surface area contributed by atoms with E-state index >= 15 is 0 Å². The molecule has 1 fully saturated rings. The van der Waals surface area contributed by atoms with Crippen molar-refractivity contribution in [1.29, 1.82) is 0 Å². The quantitative estimate of drug-likeness (QED) is 0.185. The van der Waals surface area contributed by atoms with Crippen LogP contribution in [0.5, 0.6) is 0 Å². The molecule has 0 spiro atoms. The molecule has 4 rings (SSSR count). The second kappa shape index (κ2) is 11.6. The summed E-state index contributed by atoms with van der Waals surface area (Å²) in [5.41, 5.74) is 1.28. The number of non-ortho nitro benzene ring substituents is 1. The predicted molar refractivity (Wildman–Crippen MR) is 128 cm³/mol. The molecule has 0 bridgehead atoms. The van der Waals surface area contributed by atoms with E-state index in [4.69, 9.17) is 18.9 Å². The molecule has 3 heterocycles. The van der Waals surface area contributed by atoms with Crippen LogP contribution in [0.15, 0.2) is 36.9 Å². The Morgan fingerprint density at radius 3 is 2.58 bits per heavy atom. The van der Waals surface area contributed by atoms with E-state index in [0.717, 1.165) is 5.56 Å². The van der Waals surface area contributed by atoms with E-state index in [1.165, 1.54) is 38.6 Å². The number of anilines is 1. The van der Waals surface area contributed by atoms with Crippen molar-refractivity contribution in [2.24, 2.45) is 0 Å². The van der Waals surface area contributed by atoms with E-state index in [1.807, 2.05) is 0 Å². The number of nitro groups is 1. The van der Waals surface area contributed by atoms with Gasteiger partial charge in [0, 0.05) is 38.8 Å². The number of aromatic nitrogens is 4. The topological polar surface area (TPSA) is 187 Å². The van der Waals surface area contributed by atoms with Gasteiger partial charge in [0.15, 0.2) is 23.2 Å². The maximum atomic E-state index is 12.4. The molecule has 0 aliphatic carbocycles. The van der Waals surface area contributed by atoms with Gasteiger partial charge < -0.3 is 18.9 Å². The molecule has 0 radical (unpaired) electrons. The number of fused-ring (bicyclic) bond motifs is 1. The number of carbonyl (C=O) groups excluding carboxylic acids is 3. The number of hydrogen-bond donors (Lipinski definition) is 1. The Labute approximate surface area is 215 Å². The van der Waals surface area contributed by atoms with Crippen molar-refractivity contribution in [3.8, 4) is 0 Å². The van der Waals surface area contributed by atoms with E-state index < -0.39 is 41.4 Å². The van der Waals surface area contributed by atoms with Crippen LogP contribution in [0.4, 0.5) is 16.3 Å². The zero-order valence-corrected chi connectivity index (χ0v) is 20.4. The van der Waals surface area contributed by atoms with Crippen LogP contribution in [0.2, 0.25) is 0 Å². The van der Waals surface area contributed by atoms with Crippen LogP contribution in [0, 0.1) is 10.1 Å². The van der Waals surface area contributed by atoms with Crippen molar-refractivity contribution < 1.29 is 38.3 Å². The largest absolute Gasteiger partial charge is 0.463 e. The lowest BCUT2D eigenvalue weighted by atomic mass is 10.1. The second-order valence-electron chi connectivity index (χ2n) is 8.32. The maximum Gasteiger partial charge on any atom is 0.412 e. The van der Waals surface area contributed by atoms with Gasteiger partial charge in [-0.05, 0) is 5.56 Å². The third-order valence-electron chi connectivity index (χ3n) is 5.56. The summed E-state index contributed by atoms with van der Waals surface area (Å²) in [6.07, 6.45) is 0.480. The number of rotatable bonds is 9. The van der Waals surface area contributed by atoms with Gasteiger partial charge in [0.1, 0.15) is 19.0 Å². The average molecular weight is 528 g/mol. The summed E-state index contributed by atoms with van der Waals surface area (Å²) in [4.78, 5) is 58.0. The van der Waals surface area contributed by atoms with Gasteiger partial charge in [-0.2, -0.15) is 0 Å². The van der Waals surface area contributed by atoms with Crippen LogP contribution in [0.1, 0.15) is 32.1 Å². The summed E-state index contributed by atoms with van der Waals surface area (Å²) < 4.78 is 23.2. The summed E-state index contributed by atoms with van der Waals surface area (Å²) in [5, 5.41) is 13.3. The first-order chi connectivity index (χ1) is 18.2. The van der Waals surface area contributed by atoms with Crippen LogP contribution in [-0.4, -0.2) is 67.9 Å². The average Bonchev–Trinajstić information content (AvgIpc) is 3.47. The summed E-state index contributed by atoms with van der Waals surface area (Å²) in [6, 6.07) is 5.93. The summed E-state index contributed by atoms with van der Waals surface area (Å²) in [7, 11) is 0. The molecule has 3 atom stereocenters. The lowest BCUT2D eigenvalue weighted by molar-refractivity contribution is -0.384. The van der Waals surface area contributed by atoms with Crippen LogP contribution >= 0.6 is 0 Å². The third kappa shape index (κ3) is 6.36. The van der Waals surface area contributed by atoms with E-state index in [0.29, 0.717) is 12.1 Å². The number of nitrogens with zero attached hydrogens (tertiary/aromatic N) is 5. The van der Waals surface area contributed by atoms with Gasteiger partial charge in [0.25, 0.3) is 5.69 Å². The fourth-order valence-corrected chi connectivity index (χ4v) is 3.91. The van der Waals surface area contributed by atoms with Crippen LogP contribution in [0.3, 0.4) is 0 Å². The molecule has 1 saturated heterocycles. The van der Waals surface area contributed by atoms with Gasteiger partial charge in [-0.15, -0.1) is 0 Å². The Morgan fingerprint density at radius 1 is 1.13 bits per heavy atom. The molecule has 1 aliphatic rings. The molecule has 0 unspecified atom stereocenters. The molecule has 1 amide bonds. The van der Waals surface area contributed by atoms with Gasteiger partial charge in [-0.25, -0.2) is 19.7 Å². The van der Waals surface area contributed by atoms with E-state index in [-0.39, 0.29) is 36.7 Å². The highest BCUT2D eigenvalue weighted by Crippen LogP contribution is 2.34. The Bertz CT molecular complexity index is 1340. The zero-order chi connectivity index (χ0) is 27.2. The first-order valence-electron chi connectivity index (χ1n) is 11.5. The number of amides is 1. The first kappa shape index (κ1) is 26.4. The first-order valence-corrected chi connectivity index (χ1v) is 11.5. The molecule has 0 saturated carbocycles. The number of imidazole rings is 1. The van der Waals surface area contributed by atoms with Gasteiger partial charge in [0.05, 0.1) is 24.0 Å². The standard InChI is InChI=1S/C23H24N6O9/c1-13(30)36-10-17-9-18(37-14(2)31)22(38-17)28-12-26-19-20(24-11-25-21(19)28)27-23(32)35-8-7-15-3-5-16(6-4-15)29(33)34/h3-6,11-12,17-18,22H,7-10H2,1-2H3,(H,24,25,27,32)/t17-,18+,22+/m0/s1. The number of nitrogens with one attached hydrogen (secondary N) is 1. The van der Waals surface area contributed by atoms with Crippen LogP contribution in [-0.2, 0) is 35.0 Å². The predicted octanol–water partition coefficient (Wildman–Crippen LogP) is 2.31. The monoisotopic (exact) mass is 528 g/mol. The SMILES string of the molecule is CC(=O)OC[C@@H]1C[C@@H](OC(C)=O)[C@H](n2cnc3c(NC(=O)OCCc4ccc([N+](=O)[O-])cc4)ncnc32)O1. The Morgan fingerprint density at radius 2 is 1.89 bits per heavy atom. The summed E-state index contributed by atoms with van der Waals surface area (Å²) in [6.45, 7) is 2.57. The molecule has 38 heavy (non-hydrogen) atoms. The number of ether oxygens (including phenoxy) is 4. The number of esters is 2. The molecule has 1 N–H and O–H groups in total. The summed E-state index contributed by atoms with van der Waals surface area (Å²) >= 11 is 0. The van der Waals surface area contributed by atoms with Gasteiger partial charge >= 0.3 is 18.0 Å². The van der Waals surface area contributed by atoms with Gasteiger partial charge in [-0.1, -0.05) is 12.1 Å². The molecular weight excluding hydrogens is 504 g/mol. The van der Waals surface area contributed by atoms with E-state index in [2.05, 4.69) is 20.3 Å². The number of nitro benzene ring substituents is 1. The molecule has 2 aromatic heterocycles. The Kier molecular flexibility index (Phi) is 8.06. The van der Waals surface area contributed by atoms with Crippen molar-refractivity contribution in [2.75, 3.05) is 18.5 Å². The minimum absolute atomic E-state index is 0.0102. The highest BCUT2D eigenvalue weighted by molar-refractivity contribution is 5.93. The lowest BCUT2D eigenvalue weighted by Crippen LogP contribution is -2.24. The zero-order valence-electron chi connectivity index (χ0n) is 20.4. The number of hydrogen-bond acceptors (Lipinski definition) is 12. The summed E-state index contributed by atoms with van der Waals surface area (Å²) in [5.74, 6) is -0.876. The van der Waals surface area contributed by atoms with Crippen LogP contribution in [0.25, 0.3) is 11.2 Å². The molecule has 15 nitrogen and oxygen atoms in total. The fraction of sp³-hybridized carbons (Fsp3) is 0.391. The normalized spacial score (nSPS) is 18.6. The maximum absolute atomic E-state index is 12.4. The smallest absolute Gasteiger partial charge is 0.412 e. The number of carbonyl (C=O) groups is 3. The van der Waals surface area contributed by atoms with Crippen molar-refractivity contribution in [1.82, 2.24) is 19.5 Å². The molecule has 1 aromatic carbocycles. The second-order valence-corrected chi connectivity index (χ2v) is 8.32. The highest BCUT2D eigenvalue weighted by atomic mass is 16.6. The molecule has 15 heteroatoms. The molecule has 200 valence electrons. The molecular formula is C23H24N6O9.